The van der Waals surface area contributed by atoms with Crippen molar-refractivity contribution in [1.82, 2.24) is 0 Å². The van der Waals surface area contributed by atoms with Crippen LogP contribution in [-0.2, 0) is 19.1 Å². The highest BCUT2D eigenvalue weighted by atomic mass is 16.6. The molecule has 1 aliphatic rings. The lowest BCUT2D eigenvalue weighted by Gasteiger charge is -2.25. The maximum Gasteiger partial charge on any atom is 0.310 e. The van der Waals surface area contributed by atoms with Crippen molar-refractivity contribution in [2.75, 3.05) is 0 Å². The fourth-order valence-corrected chi connectivity index (χ4v) is 2.80. The summed E-state index contributed by atoms with van der Waals surface area (Å²) in [5, 5.41) is 0. The molecule has 0 aliphatic heterocycles. The van der Waals surface area contributed by atoms with Crippen LogP contribution in [0.15, 0.2) is 12.2 Å². The molecule has 4 heteroatoms. The smallest absolute Gasteiger partial charge is 0.310 e. The summed E-state index contributed by atoms with van der Waals surface area (Å²) >= 11 is 0. The number of carbonyl (C=O) groups is 2. The third-order valence-corrected chi connectivity index (χ3v) is 3.65. The van der Waals surface area contributed by atoms with Gasteiger partial charge in [-0.15, -0.1) is 0 Å². The Morgan fingerprint density at radius 1 is 0.864 bits per heavy atom. The molecule has 0 spiro atoms. The fourth-order valence-electron chi connectivity index (χ4n) is 2.80. The second-order valence-electron chi connectivity index (χ2n) is 8.29. The minimum Gasteiger partial charge on any atom is -0.460 e. The third kappa shape index (κ3) is 5.47. The number of hydrogen-bond donors (Lipinski definition) is 0. The van der Waals surface area contributed by atoms with Crippen LogP contribution in [0.25, 0.3) is 0 Å². The van der Waals surface area contributed by atoms with E-state index in [1.807, 2.05) is 48.5 Å². The van der Waals surface area contributed by atoms with Gasteiger partial charge in [-0.25, -0.2) is 0 Å². The van der Waals surface area contributed by atoms with Crippen LogP contribution in [0.4, 0.5) is 0 Å². The summed E-state index contributed by atoms with van der Waals surface area (Å²) in [6, 6.07) is 0. The fraction of sp³-hybridized carbons (Fsp3) is 0.778. The molecule has 0 unspecified atom stereocenters. The quantitative estimate of drug-likeness (QED) is 0.586. The van der Waals surface area contributed by atoms with Crippen molar-refractivity contribution in [3.63, 3.8) is 0 Å². The minimum atomic E-state index is -0.527. The van der Waals surface area contributed by atoms with E-state index in [1.54, 1.807) is 0 Å². The molecule has 0 heterocycles. The van der Waals surface area contributed by atoms with Gasteiger partial charge >= 0.3 is 11.9 Å². The predicted molar refractivity (Wildman–Crippen MR) is 86.2 cm³/mol. The molecule has 0 aromatic heterocycles. The second kappa shape index (κ2) is 6.43. The summed E-state index contributed by atoms with van der Waals surface area (Å²) in [7, 11) is 0. The molecular formula is C18H30O4. The summed E-state index contributed by atoms with van der Waals surface area (Å²) in [4.78, 5) is 24.7. The van der Waals surface area contributed by atoms with E-state index in [-0.39, 0.29) is 29.7 Å². The van der Waals surface area contributed by atoms with Crippen molar-refractivity contribution in [3.8, 4) is 0 Å². The van der Waals surface area contributed by atoms with Gasteiger partial charge in [-0.3, -0.25) is 9.59 Å². The predicted octanol–water partition coefficient (Wildman–Crippen LogP) is 3.89. The van der Waals surface area contributed by atoms with E-state index in [1.165, 1.54) is 0 Å². The van der Waals surface area contributed by atoms with E-state index in [9.17, 15) is 9.59 Å². The summed E-state index contributed by atoms with van der Waals surface area (Å²) in [5.41, 5.74) is -0.123. The molecular weight excluding hydrogens is 280 g/mol. The summed E-state index contributed by atoms with van der Waals surface area (Å²) in [6.07, 6.45) is 1.08. The summed E-state index contributed by atoms with van der Waals surface area (Å²) < 4.78 is 11.0. The molecule has 3 atom stereocenters. The molecule has 0 radical (unpaired) electrons. The molecule has 0 amide bonds. The van der Waals surface area contributed by atoms with Crippen molar-refractivity contribution < 1.29 is 19.1 Å². The number of hydrogen-bond acceptors (Lipinski definition) is 4. The lowest BCUT2D eigenvalue weighted by atomic mass is 9.90. The monoisotopic (exact) mass is 310 g/mol. The highest BCUT2D eigenvalue weighted by molar-refractivity contribution is 5.78. The lowest BCUT2D eigenvalue weighted by Crippen LogP contribution is -2.31. The number of carbonyl (C=O) groups excluding carboxylic acids is 2. The topological polar surface area (TPSA) is 52.6 Å². The Labute approximate surface area is 134 Å². The molecule has 1 aliphatic carbocycles. The zero-order valence-electron chi connectivity index (χ0n) is 15.0. The minimum absolute atomic E-state index is 0.0210. The van der Waals surface area contributed by atoms with E-state index in [2.05, 4.69) is 6.58 Å². The van der Waals surface area contributed by atoms with Gasteiger partial charge in [-0.05, 0) is 67.2 Å². The van der Waals surface area contributed by atoms with Crippen LogP contribution in [0.2, 0.25) is 0 Å². The third-order valence-electron chi connectivity index (χ3n) is 3.65. The van der Waals surface area contributed by atoms with Crippen LogP contribution >= 0.6 is 0 Å². The van der Waals surface area contributed by atoms with Gasteiger partial charge in [-0.2, -0.15) is 0 Å². The molecule has 1 rings (SSSR count). The highest BCUT2D eigenvalue weighted by Crippen LogP contribution is 2.42. The first-order valence-electron chi connectivity index (χ1n) is 7.91. The Bertz CT molecular complexity index is 451. The van der Waals surface area contributed by atoms with Gasteiger partial charge in [-0.1, -0.05) is 12.2 Å². The van der Waals surface area contributed by atoms with Crippen molar-refractivity contribution in [2.45, 2.75) is 72.5 Å². The number of esters is 2. The standard InChI is InChI=1S/C18H30O4/c1-11(2)13-9-12(15(19)21-17(3,4)5)10-14(13)16(20)22-18(6,7)8/h12-14H,1,9-10H2,2-8H3/t12-,13+,14+/m0/s1. The van der Waals surface area contributed by atoms with Crippen LogP contribution < -0.4 is 0 Å². The normalized spacial score (nSPS) is 25.7. The van der Waals surface area contributed by atoms with Crippen molar-refractivity contribution >= 4 is 11.9 Å². The van der Waals surface area contributed by atoms with E-state index in [0.717, 1.165) is 5.57 Å². The van der Waals surface area contributed by atoms with E-state index < -0.39 is 11.2 Å². The largest absolute Gasteiger partial charge is 0.460 e. The zero-order valence-corrected chi connectivity index (χ0v) is 15.0. The zero-order chi connectivity index (χ0) is 17.3. The Hall–Kier alpha value is -1.32. The molecule has 0 aromatic carbocycles. The number of ether oxygens (including phenoxy) is 2. The maximum atomic E-state index is 12.4. The Balaban J connectivity index is 2.83. The maximum absolute atomic E-state index is 12.4. The van der Waals surface area contributed by atoms with Crippen molar-refractivity contribution in [3.05, 3.63) is 12.2 Å². The SMILES string of the molecule is C=C(C)[C@H]1C[C@H](C(=O)OC(C)(C)C)C[C@H]1C(=O)OC(C)(C)C. The van der Waals surface area contributed by atoms with E-state index in [4.69, 9.17) is 9.47 Å². The number of allylic oxidation sites excluding steroid dienone is 1. The molecule has 1 saturated carbocycles. The van der Waals surface area contributed by atoms with Gasteiger partial charge in [0.25, 0.3) is 0 Å². The van der Waals surface area contributed by atoms with Crippen LogP contribution in [0.5, 0.6) is 0 Å². The van der Waals surface area contributed by atoms with E-state index >= 15 is 0 Å². The Morgan fingerprint density at radius 2 is 1.27 bits per heavy atom. The molecule has 0 N–H and O–H groups in total. The highest BCUT2D eigenvalue weighted by Gasteiger charge is 2.44. The molecule has 0 bridgehead atoms. The molecule has 22 heavy (non-hydrogen) atoms. The van der Waals surface area contributed by atoms with Crippen LogP contribution in [0.1, 0.15) is 61.3 Å². The van der Waals surface area contributed by atoms with E-state index in [0.29, 0.717) is 12.8 Å². The Morgan fingerprint density at radius 3 is 1.68 bits per heavy atom. The lowest BCUT2D eigenvalue weighted by molar-refractivity contribution is -0.161. The summed E-state index contributed by atoms with van der Waals surface area (Å²) in [5.74, 6) is -1.07. The molecule has 4 nitrogen and oxygen atoms in total. The molecule has 0 aromatic rings. The van der Waals surface area contributed by atoms with Crippen molar-refractivity contribution in [2.24, 2.45) is 17.8 Å². The first-order chi connectivity index (χ1) is 9.80. The Kier molecular flexibility index (Phi) is 5.47. The van der Waals surface area contributed by atoms with Crippen LogP contribution in [0.3, 0.4) is 0 Å². The second-order valence-corrected chi connectivity index (χ2v) is 8.29. The summed E-state index contributed by atoms with van der Waals surface area (Å²) in [6.45, 7) is 17.0. The van der Waals surface area contributed by atoms with Gasteiger partial charge in [0.1, 0.15) is 11.2 Å². The molecule has 126 valence electrons. The van der Waals surface area contributed by atoms with Crippen LogP contribution in [-0.4, -0.2) is 23.1 Å². The molecule has 0 saturated heterocycles. The van der Waals surface area contributed by atoms with Gasteiger partial charge < -0.3 is 9.47 Å². The van der Waals surface area contributed by atoms with Crippen molar-refractivity contribution in [1.29, 1.82) is 0 Å². The van der Waals surface area contributed by atoms with Gasteiger partial charge in [0.2, 0.25) is 0 Å². The number of rotatable bonds is 3. The van der Waals surface area contributed by atoms with Gasteiger partial charge in [0, 0.05) is 0 Å². The van der Waals surface area contributed by atoms with Crippen LogP contribution in [0, 0.1) is 17.8 Å². The van der Waals surface area contributed by atoms with Gasteiger partial charge in [0.05, 0.1) is 11.8 Å². The molecule has 1 fully saturated rings. The van der Waals surface area contributed by atoms with Gasteiger partial charge in [0.15, 0.2) is 0 Å². The first-order valence-corrected chi connectivity index (χ1v) is 7.91. The average molecular weight is 310 g/mol. The first kappa shape index (κ1) is 18.7. The average Bonchev–Trinajstić information content (AvgIpc) is 2.68.